The molecule has 1 rings (SSSR count). The Bertz CT molecular complexity index is 315. The van der Waals surface area contributed by atoms with E-state index in [2.05, 4.69) is 10.3 Å². The Labute approximate surface area is 66.3 Å². The van der Waals surface area contributed by atoms with Crippen LogP contribution in [0.3, 0.4) is 0 Å². The molecule has 0 aliphatic rings. The summed E-state index contributed by atoms with van der Waals surface area (Å²) in [5.74, 6) is 0. The maximum Gasteiger partial charge on any atom is 0.313 e. The van der Waals surface area contributed by atoms with Gasteiger partial charge in [0.25, 0.3) is 5.43 Å². The first-order valence-corrected chi connectivity index (χ1v) is 2.36. The number of rotatable bonds is 0. The van der Waals surface area contributed by atoms with Gasteiger partial charge in [-0.05, 0) is 6.92 Å². The van der Waals surface area contributed by atoms with E-state index in [0.717, 1.165) is 0 Å². The van der Waals surface area contributed by atoms with Crippen molar-refractivity contribution in [3.8, 4) is 0 Å². The average Bonchev–Trinajstić information content (AvgIpc) is 1.83. The van der Waals surface area contributed by atoms with Crippen LogP contribution < -0.4 is 11.0 Å². The van der Waals surface area contributed by atoms with E-state index >= 15 is 0 Å². The molecule has 0 unspecified atom stereocenters. The zero-order valence-corrected chi connectivity index (χ0v) is 6.01. The molecule has 0 saturated heterocycles. The second-order valence-corrected chi connectivity index (χ2v) is 1.59. The Morgan fingerprint density at radius 2 is 2.00 bits per heavy atom. The molecule has 0 aliphatic carbocycles. The van der Waals surface area contributed by atoms with Crippen LogP contribution in [0.2, 0.25) is 0 Å². The molecule has 10 heavy (non-hydrogen) atoms. The van der Waals surface area contributed by atoms with Gasteiger partial charge in [0, 0.05) is 17.1 Å². The summed E-state index contributed by atoms with van der Waals surface area (Å²) in [7, 11) is 0. The first-order valence-electron chi connectivity index (χ1n) is 2.36. The quantitative estimate of drug-likeness (QED) is 0.397. The monoisotopic (exact) mass is 190 g/mol. The number of aryl methyl sites for hydroxylation is 1. The van der Waals surface area contributed by atoms with E-state index in [0.29, 0.717) is 0 Å². The van der Waals surface area contributed by atoms with E-state index < -0.39 is 11.0 Å². The van der Waals surface area contributed by atoms with E-state index in [4.69, 9.17) is 0 Å². The summed E-state index contributed by atoms with van der Waals surface area (Å²) in [5.41, 5.74) is -1.07. The molecule has 0 aliphatic heterocycles. The van der Waals surface area contributed by atoms with Crippen molar-refractivity contribution in [1.29, 1.82) is 0 Å². The molecule has 2 N–H and O–H groups in total. The smallest absolute Gasteiger partial charge is 0.282 e. The molecule has 0 saturated carbocycles. The second kappa shape index (κ2) is 3.34. The van der Waals surface area contributed by atoms with E-state index in [1.54, 1.807) is 0 Å². The van der Waals surface area contributed by atoms with Gasteiger partial charge < -0.3 is 0 Å². The van der Waals surface area contributed by atoms with Gasteiger partial charge in [-0.1, -0.05) is 0 Å². The summed E-state index contributed by atoms with van der Waals surface area (Å²) in [5, 5.41) is 7.66. The number of nitrogens with zero attached hydrogens (tertiary/aromatic N) is 1. The van der Waals surface area contributed by atoms with Gasteiger partial charge in [0.2, 0.25) is 0 Å². The van der Waals surface area contributed by atoms with Gasteiger partial charge in [-0.15, -0.1) is 0 Å². The number of hydrogen-bond donors (Lipinski definition) is 2. The molecule has 0 fully saturated rings. The van der Waals surface area contributed by atoms with Crippen molar-refractivity contribution in [2.75, 3.05) is 0 Å². The van der Waals surface area contributed by atoms with Crippen LogP contribution in [0.25, 0.3) is 0 Å². The van der Waals surface area contributed by atoms with Crippen molar-refractivity contribution < 1.29 is 17.1 Å². The zero-order chi connectivity index (χ0) is 6.85. The molecule has 0 bridgehead atoms. The fraction of sp³-hybridized carbons (Fsp3) is 0.250. The molecule has 0 aromatic carbocycles. The van der Waals surface area contributed by atoms with Crippen LogP contribution in [0.15, 0.2) is 9.59 Å². The van der Waals surface area contributed by atoms with Gasteiger partial charge in [-0.3, -0.25) is 9.59 Å². The van der Waals surface area contributed by atoms with Crippen molar-refractivity contribution in [2.24, 2.45) is 0 Å². The fourth-order valence-corrected chi connectivity index (χ4v) is 0.434. The Morgan fingerprint density at radius 1 is 1.40 bits per heavy atom. The molecule has 1 heterocycles. The van der Waals surface area contributed by atoms with Crippen LogP contribution in [0, 0.1) is 6.92 Å². The van der Waals surface area contributed by atoms with Gasteiger partial charge in [-0.2, -0.15) is 5.10 Å². The van der Waals surface area contributed by atoms with Gasteiger partial charge in [-0.25, -0.2) is 10.3 Å². The minimum absolute atomic E-state index is 0. The van der Waals surface area contributed by atoms with Crippen LogP contribution in [0.5, 0.6) is 0 Å². The Kier molecular flexibility index (Phi) is 3.05. The van der Waals surface area contributed by atoms with Crippen molar-refractivity contribution in [2.45, 2.75) is 6.92 Å². The molecule has 1 radical (unpaired) electrons. The van der Waals surface area contributed by atoms with Gasteiger partial charge in [0.05, 0.1) is 0 Å². The number of H-pyrrole nitrogens is 2. The average molecular weight is 191 g/mol. The first-order chi connectivity index (χ1) is 4.22. The molecule has 5 nitrogen and oxygen atoms in total. The minimum Gasteiger partial charge on any atom is -0.282 e. The second-order valence-electron chi connectivity index (χ2n) is 1.59. The summed E-state index contributed by atoms with van der Waals surface area (Å²) in [6.07, 6.45) is 0. The Balaban J connectivity index is 0.000000810. The predicted molar refractivity (Wildman–Crippen MR) is 30.2 cm³/mol. The van der Waals surface area contributed by atoms with E-state index in [1.807, 2.05) is 5.10 Å². The van der Waals surface area contributed by atoms with Crippen LogP contribution in [-0.2, 0) is 17.1 Å². The Morgan fingerprint density at radius 3 is 2.40 bits per heavy atom. The van der Waals surface area contributed by atoms with Crippen LogP contribution in [0.4, 0.5) is 0 Å². The van der Waals surface area contributed by atoms with E-state index in [9.17, 15) is 9.59 Å². The van der Waals surface area contributed by atoms with Crippen molar-refractivity contribution in [3.63, 3.8) is 0 Å². The third kappa shape index (κ3) is 1.55. The molecule has 0 atom stereocenters. The van der Waals surface area contributed by atoms with Crippen molar-refractivity contribution in [1.82, 2.24) is 15.4 Å². The first kappa shape index (κ1) is 9.13. The maximum atomic E-state index is 10.5. The summed E-state index contributed by atoms with van der Waals surface area (Å²) in [4.78, 5) is 20.9. The number of nitrogens with one attached hydrogen (secondary N) is 2. The molecule has 0 amide bonds. The largest absolute Gasteiger partial charge is 0.313 e. The van der Waals surface area contributed by atoms with Crippen LogP contribution >= 0.6 is 0 Å². The van der Waals surface area contributed by atoms with Crippen LogP contribution in [0.1, 0.15) is 5.69 Å². The minimum atomic E-state index is -0.664. The SMILES string of the molecule is Cc1n[nH][nH]c(=O)c1=O.[Cu]. The molecule has 59 valence electrons. The predicted octanol–water partition coefficient (Wildman–Crippen LogP) is -1.24. The van der Waals surface area contributed by atoms with E-state index in [-0.39, 0.29) is 22.8 Å². The fourth-order valence-electron chi connectivity index (χ4n) is 0.434. The standard InChI is InChI=1S/C4H5N3O2.Cu/c1-2-3(8)4(9)6-7-5-2;/h1H3,(H,7,8)(H,5,6,9);. The van der Waals surface area contributed by atoms with Gasteiger partial charge in [0.1, 0.15) is 5.69 Å². The van der Waals surface area contributed by atoms with Crippen LogP contribution in [-0.4, -0.2) is 15.4 Å². The topological polar surface area (TPSA) is 78.6 Å². The molecular weight excluding hydrogens is 186 g/mol. The zero-order valence-electron chi connectivity index (χ0n) is 5.07. The number of aromatic amines is 2. The van der Waals surface area contributed by atoms with Gasteiger partial charge >= 0.3 is 5.56 Å². The molecule has 1 aromatic heterocycles. The van der Waals surface area contributed by atoms with Gasteiger partial charge in [0.15, 0.2) is 0 Å². The third-order valence-electron chi connectivity index (χ3n) is 0.928. The molecule has 1 aromatic rings. The normalized spacial score (nSPS) is 8.50. The molecule has 6 heteroatoms. The number of aromatic nitrogens is 3. The summed E-state index contributed by atoms with van der Waals surface area (Å²) >= 11 is 0. The van der Waals surface area contributed by atoms with E-state index in [1.165, 1.54) is 6.92 Å². The molecular formula is C4H5CuN3O2. The third-order valence-corrected chi connectivity index (χ3v) is 0.928. The van der Waals surface area contributed by atoms with Crippen molar-refractivity contribution in [3.05, 3.63) is 26.3 Å². The summed E-state index contributed by atoms with van der Waals surface area (Å²) < 4.78 is 0. The number of hydrogen-bond acceptors (Lipinski definition) is 3. The summed E-state index contributed by atoms with van der Waals surface area (Å²) in [6, 6.07) is 0. The van der Waals surface area contributed by atoms with Crippen molar-refractivity contribution >= 4 is 0 Å². The summed E-state index contributed by atoms with van der Waals surface area (Å²) in [6.45, 7) is 1.47. The molecule has 0 spiro atoms. The Hall–Kier alpha value is -0.871. The maximum absolute atomic E-state index is 10.5.